The second-order valence-corrected chi connectivity index (χ2v) is 3.47. The van der Waals surface area contributed by atoms with Gasteiger partial charge in [-0.2, -0.15) is 5.26 Å². The first kappa shape index (κ1) is 7.08. The summed E-state index contributed by atoms with van der Waals surface area (Å²) >= 11 is 0. The van der Waals surface area contributed by atoms with Crippen LogP contribution in [0.3, 0.4) is 0 Å². The number of hydrogen-bond acceptors (Lipinski definition) is 3. The van der Waals surface area contributed by atoms with Crippen molar-refractivity contribution < 1.29 is 0 Å². The van der Waals surface area contributed by atoms with Crippen molar-refractivity contribution in [2.45, 2.75) is 24.9 Å². The van der Waals surface area contributed by atoms with E-state index < -0.39 is 0 Å². The van der Waals surface area contributed by atoms with Gasteiger partial charge in [-0.1, -0.05) is 0 Å². The Morgan fingerprint density at radius 2 is 2.18 bits per heavy atom. The second kappa shape index (κ2) is 2.80. The molecule has 3 nitrogen and oxygen atoms in total. The van der Waals surface area contributed by atoms with Gasteiger partial charge in [0.15, 0.2) is 0 Å². The third-order valence-electron chi connectivity index (χ3n) is 2.43. The predicted molar refractivity (Wildman–Crippen MR) is 41.9 cm³/mol. The summed E-state index contributed by atoms with van der Waals surface area (Å²) < 4.78 is 0. The monoisotopic (exact) mass is 151 g/mol. The van der Waals surface area contributed by atoms with Crippen LogP contribution >= 0.6 is 0 Å². The molecule has 60 valence electrons. The van der Waals surface area contributed by atoms with Gasteiger partial charge in [0.05, 0.1) is 12.1 Å². The van der Waals surface area contributed by atoms with Crippen molar-refractivity contribution in [1.82, 2.24) is 10.6 Å². The molecule has 1 aliphatic carbocycles. The molecule has 1 saturated carbocycles. The maximum atomic E-state index is 8.77. The first-order valence-corrected chi connectivity index (χ1v) is 4.26. The summed E-state index contributed by atoms with van der Waals surface area (Å²) in [7, 11) is 0. The van der Waals surface area contributed by atoms with Gasteiger partial charge in [0.1, 0.15) is 0 Å². The van der Waals surface area contributed by atoms with E-state index in [0.717, 1.165) is 13.1 Å². The second-order valence-electron chi connectivity index (χ2n) is 3.47. The van der Waals surface area contributed by atoms with Gasteiger partial charge < -0.3 is 5.32 Å². The average Bonchev–Trinajstić information content (AvgIpc) is 2.68. The molecule has 1 aliphatic heterocycles. The molecule has 0 unspecified atom stereocenters. The lowest BCUT2D eigenvalue weighted by Crippen LogP contribution is -2.58. The van der Waals surface area contributed by atoms with Crippen LogP contribution in [-0.2, 0) is 0 Å². The van der Waals surface area contributed by atoms with Gasteiger partial charge in [0, 0.05) is 19.1 Å². The fourth-order valence-electron chi connectivity index (χ4n) is 1.37. The van der Waals surface area contributed by atoms with Crippen molar-refractivity contribution >= 4 is 0 Å². The minimum Gasteiger partial charge on any atom is -0.314 e. The maximum Gasteiger partial charge on any atom is 0.0984 e. The quantitative estimate of drug-likeness (QED) is 0.589. The van der Waals surface area contributed by atoms with Crippen molar-refractivity contribution in [2.75, 3.05) is 13.1 Å². The zero-order valence-electron chi connectivity index (χ0n) is 6.51. The molecule has 1 atom stereocenters. The van der Waals surface area contributed by atoms with Crippen molar-refractivity contribution in [3.63, 3.8) is 0 Å². The summed E-state index contributed by atoms with van der Waals surface area (Å²) in [5, 5.41) is 15.3. The highest BCUT2D eigenvalue weighted by Gasteiger charge is 2.33. The number of hydrogen-bond donors (Lipinski definition) is 2. The molecule has 1 heterocycles. The molecule has 0 spiro atoms. The van der Waals surface area contributed by atoms with E-state index in [2.05, 4.69) is 16.7 Å². The van der Waals surface area contributed by atoms with Crippen LogP contribution in [0.2, 0.25) is 0 Å². The van der Waals surface area contributed by atoms with Gasteiger partial charge in [-0.15, -0.1) is 0 Å². The largest absolute Gasteiger partial charge is 0.314 e. The Labute approximate surface area is 66.8 Å². The fraction of sp³-hybridized carbons (Fsp3) is 0.875. The molecule has 2 N–H and O–H groups in total. The van der Waals surface area contributed by atoms with Crippen LogP contribution in [0.15, 0.2) is 0 Å². The van der Waals surface area contributed by atoms with Gasteiger partial charge in [0.25, 0.3) is 0 Å². The molecule has 2 rings (SSSR count). The van der Waals surface area contributed by atoms with Gasteiger partial charge in [-0.3, -0.25) is 5.32 Å². The number of rotatable bonds is 3. The Balaban J connectivity index is 1.77. The number of nitrogens with zero attached hydrogens (tertiary/aromatic N) is 1. The van der Waals surface area contributed by atoms with Crippen LogP contribution in [0.25, 0.3) is 0 Å². The highest BCUT2D eigenvalue weighted by Crippen LogP contribution is 2.32. The van der Waals surface area contributed by atoms with E-state index in [-0.39, 0.29) is 6.04 Å². The van der Waals surface area contributed by atoms with Crippen LogP contribution in [0.5, 0.6) is 0 Å². The number of nitrogens with one attached hydrogen (secondary N) is 2. The first-order chi connectivity index (χ1) is 5.40. The fourth-order valence-corrected chi connectivity index (χ4v) is 1.37. The Bertz CT molecular complexity index is 176. The summed E-state index contributed by atoms with van der Waals surface area (Å²) in [5.41, 5.74) is 0. The predicted octanol–water partition coefficient (Wildman–Crippen LogP) is -0.150. The Morgan fingerprint density at radius 3 is 2.55 bits per heavy atom. The zero-order valence-corrected chi connectivity index (χ0v) is 6.51. The number of nitriles is 1. The van der Waals surface area contributed by atoms with Crippen molar-refractivity contribution in [3.05, 3.63) is 0 Å². The van der Waals surface area contributed by atoms with Crippen molar-refractivity contribution in [1.29, 1.82) is 5.26 Å². The molecule has 0 bridgehead atoms. The molecule has 1 saturated heterocycles. The van der Waals surface area contributed by atoms with E-state index >= 15 is 0 Å². The lowest BCUT2D eigenvalue weighted by molar-refractivity contribution is 0.338. The smallest absolute Gasteiger partial charge is 0.0984 e. The average molecular weight is 151 g/mol. The molecule has 0 amide bonds. The summed E-state index contributed by atoms with van der Waals surface area (Å²) in [6.45, 7) is 2.07. The molecule has 0 aromatic carbocycles. The zero-order chi connectivity index (χ0) is 7.68. The maximum absolute atomic E-state index is 8.77. The molecule has 0 aromatic rings. The van der Waals surface area contributed by atoms with Gasteiger partial charge >= 0.3 is 0 Å². The molecular formula is C8H13N3. The Morgan fingerprint density at radius 1 is 1.45 bits per heavy atom. The van der Waals surface area contributed by atoms with Crippen LogP contribution in [-0.4, -0.2) is 25.2 Å². The summed E-state index contributed by atoms with van der Waals surface area (Å²) in [6.07, 6.45) is 2.48. The normalized spacial score (nSPS) is 27.2. The van der Waals surface area contributed by atoms with Crippen LogP contribution in [0, 0.1) is 17.2 Å². The van der Waals surface area contributed by atoms with Crippen molar-refractivity contribution in [2.24, 2.45) is 5.92 Å². The van der Waals surface area contributed by atoms with E-state index in [1.165, 1.54) is 12.8 Å². The summed E-state index contributed by atoms with van der Waals surface area (Å²) in [4.78, 5) is 0. The van der Waals surface area contributed by atoms with Crippen LogP contribution in [0.4, 0.5) is 0 Å². The standard InChI is InChI=1S/C8H13N3/c9-3-8(6-1-2-6)11-7-4-10-5-7/h6-8,10-11H,1-2,4-5H2/t8-/m1/s1. The summed E-state index contributed by atoms with van der Waals surface area (Å²) in [6, 6.07) is 3.01. The van der Waals surface area contributed by atoms with E-state index in [4.69, 9.17) is 5.26 Å². The van der Waals surface area contributed by atoms with Gasteiger partial charge in [-0.05, 0) is 18.8 Å². The highest BCUT2D eigenvalue weighted by atomic mass is 15.1. The van der Waals surface area contributed by atoms with Crippen LogP contribution < -0.4 is 10.6 Å². The minimum atomic E-state index is 0.127. The SMILES string of the molecule is N#C[C@@H](NC1CNC1)C1CC1. The summed E-state index contributed by atoms with van der Waals surface area (Å²) in [5.74, 6) is 0.653. The van der Waals surface area contributed by atoms with E-state index in [9.17, 15) is 0 Å². The highest BCUT2D eigenvalue weighted by molar-refractivity contribution is 5.03. The molecule has 3 heteroatoms. The molecule has 0 aromatic heterocycles. The molecule has 11 heavy (non-hydrogen) atoms. The topological polar surface area (TPSA) is 47.9 Å². The Kier molecular flexibility index (Phi) is 1.80. The molecule has 2 aliphatic rings. The minimum absolute atomic E-state index is 0.127. The van der Waals surface area contributed by atoms with Gasteiger partial charge in [0.2, 0.25) is 0 Å². The van der Waals surface area contributed by atoms with E-state index in [1.807, 2.05) is 0 Å². The molecular weight excluding hydrogens is 138 g/mol. The lowest BCUT2D eigenvalue weighted by Gasteiger charge is -2.30. The van der Waals surface area contributed by atoms with Crippen LogP contribution in [0.1, 0.15) is 12.8 Å². The van der Waals surface area contributed by atoms with Gasteiger partial charge in [-0.25, -0.2) is 0 Å². The third kappa shape index (κ3) is 1.52. The van der Waals surface area contributed by atoms with E-state index in [1.54, 1.807) is 0 Å². The molecule has 0 radical (unpaired) electrons. The lowest BCUT2D eigenvalue weighted by atomic mass is 10.1. The van der Waals surface area contributed by atoms with E-state index in [0.29, 0.717) is 12.0 Å². The molecule has 2 fully saturated rings. The third-order valence-corrected chi connectivity index (χ3v) is 2.43. The van der Waals surface area contributed by atoms with Crippen molar-refractivity contribution in [3.8, 4) is 6.07 Å². The Hall–Kier alpha value is -0.590. The first-order valence-electron chi connectivity index (χ1n) is 4.26.